The van der Waals surface area contributed by atoms with Crippen molar-refractivity contribution in [3.63, 3.8) is 0 Å². The first-order chi connectivity index (χ1) is 7.04. The van der Waals surface area contributed by atoms with Crippen LogP contribution in [0.2, 0.25) is 0 Å². The molecule has 15 heavy (non-hydrogen) atoms. The zero-order chi connectivity index (χ0) is 11.4. The summed E-state index contributed by atoms with van der Waals surface area (Å²) in [6, 6.07) is 4.10. The number of nitrogens with one attached hydrogen (secondary N) is 2. The normalized spacial score (nSPS) is 9.53. The highest BCUT2D eigenvalue weighted by atomic mass is 19.1. The lowest BCUT2D eigenvalue weighted by Gasteiger charge is -2.04. The van der Waals surface area contributed by atoms with Crippen LogP contribution in [0.15, 0.2) is 18.2 Å². The van der Waals surface area contributed by atoms with E-state index in [0.717, 1.165) is 6.07 Å². The van der Waals surface area contributed by atoms with E-state index in [9.17, 15) is 14.0 Å². The van der Waals surface area contributed by atoms with Crippen LogP contribution in [0.4, 0.5) is 10.1 Å². The van der Waals surface area contributed by atoms with Gasteiger partial charge in [-0.15, -0.1) is 0 Å². The molecule has 0 atom stereocenters. The summed E-state index contributed by atoms with van der Waals surface area (Å²) in [7, 11) is 0. The zero-order valence-electron chi connectivity index (χ0n) is 8.00. The van der Waals surface area contributed by atoms with Crippen LogP contribution in [0.25, 0.3) is 0 Å². The molecule has 0 radical (unpaired) electrons. The van der Waals surface area contributed by atoms with Crippen molar-refractivity contribution in [2.45, 2.75) is 6.92 Å². The van der Waals surface area contributed by atoms with Gasteiger partial charge in [0, 0.05) is 5.69 Å². The van der Waals surface area contributed by atoms with Crippen molar-refractivity contribution in [2.75, 3.05) is 5.32 Å². The van der Waals surface area contributed by atoms with Crippen LogP contribution in [0.5, 0.6) is 0 Å². The molecule has 0 fully saturated rings. The van der Waals surface area contributed by atoms with Crippen LogP contribution < -0.4 is 16.6 Å². The standard InChI is InChI=1S/C9H10FN3O2/c1-5-2-3-6(4-7(5)10)12-8(14)9(15)13-11/h2-4H,11H2,1H3,(H,12,14)(H,13,15). The molecular weight excluding hydrogens is 201 g/mol. The van der Waals surface area contributed by atoms with Gasteiger partial charge in [0.05, 0.1) is 0 Å². The fourth-order valence-corrected chi connectivity index (χ4v) is 0.924. The lowest BCUT2D eigenvalue weighted by molar-refractivity contribution is -0.136. The van der Waals surface area contributed by atoms with Gasteiger partial charge in [-0.2, -0.15) is 0 Å². The van der Waals surface area contributed by atoms with Crippen LogP contribution in [0, 0.1) is 12.7 Å². The number of aryl methyl sites for hydroxylation is 1. The third-order valence-electron chi connectivity index (χ3n) is 1.77. The molecule has 4 N–H and O–H groups in total. The van der Waals surface area contributed by atoms with Gasteiger partial charge in [0.1, 0.15) is 5.82 Å². The maximum atomic E-state index is 13.0. The molecule has 0 unspecified atom stereocenters. The predicted molar refractivity (Wildman–Crippen MR) is 52.1 cm³/mol. The molecule has 2 amide bonds. The average molecular weight is 211 g/mol. The molecule has 0 spiro atoms. The maximum absolute atomic E-state index is 13.0. The predicted octanol–water partition coefficient (Wildman–Crippen LogP) is 0.0625. The summed E-state index contributed by atoms with van der Waals surface area (Å²) in [4.78, 5) is 21.7. The van der Waals surface area contributed by atoms with E-state index in [1.54, 1.807) is 12.3 Å². The van der Waals surface area contributed by atoms with Crippen molar-refractivity contribution in [2.24, 2.45) is 5.84 Å². The fourth-order valence-electron chi connectivity index (χ4n) is 0.924. The average Bonchev–Trinajstić information content (AvgIpc) is 2.22. The molecule has 0 aliphatic rings. The van der Waals surface area contributed by atoms with E-state index in [-0.39, 0.29) is 5.69 Å². The van der Waals surface area contributed by atoms with Crippen molar-refractivity contribution >= 4 is 17.5 Å². The number of rotatable bonds is 1. The SMILES string of the molecule is Cc1ccc(NC(=O)C(=O)NN)cc1F. The summed E-state index contributed by atoms with van der Waals surface area (Å²) >= 11 is 0. The highest BCUT2D eigenvalue weighted by Crippen LogP contribution is 2.13. The van der Waals surface area contributed by atoms with Gasteiger partial charge in [-0.05, 0) is 24.6 Å². The number of hydrogen-bond acceptors (Lipinski definition) is 3. The highest BCUT2D eigenvalue weighted by Gasteiger charge is 2.12. The Balaban J connectivity index is 2.77. The molecule has 6 heteroatoms. The molecule has 0 aromatic heterocycles. The lowest BCUT2D eigenvalue weighted by Crippen LogP contribution is -2.39. The van der Waals surface area contributed by atoms with E-state index in [4.69, 9.17) is 5.84 Å². The highest BCUT2D eigenvalue weighted by molar-refractivity contribution is 6.39. The Kier molecular flexibility index (Phi) is 3.35. The number of carbonyl (C=O) groups is 2. The molecule has 1 aromatic carbocycles. The Hall–Kier alpha value is -1.95. The van der Waals surface area contributed by atoms with E-state index < -0.39 is 17.6 Å². The Labute approximate surface area is 85.4 Å². The largest absolute Gasteiger partial charge is 0.323 e. The van der Waals surface area contributed by atoms with Crippen molar-refractivity contribution in [1.82, 2.24) is 5.43 Å². The lowest BCUT2D eigenvalue weighted by atomic mass is 10.2. The molecule has 1 rings (SSSR count). The Morgan fingerprint density at radius 2 is 2.00 bits per heavy atom. The first-order valence-corrected chi connectivity index (χ1v) is 4.12. The Morgan fingerprint density at radius 3 is 2.53 bits per heavy atom. The number of amides is 2. The molecule has 0 bridgehead atoms. The van der Waals surface area contributed by atoms with Gasteiger partial charge < -0.3 is 5.32 Å². The Morgan fingerprint density at radius 1 is 1.33 bits per heavy atom. The first kappa shape index (κ1) is 11.1. The van der Waals surface area contributed by atoms with Crippen LogP contribution in [0.3, 0.4) is 0 Å². The number of halogens is 1. The van der Waals surface area contributed by atoms with Crippen LogP contribution in [0.1, 0.15) is 5.56 Å². The van der Waals surface area contributed by atoms with Crippen molar-refractivity contribution in [3.05, 3.63) is 29.6 Å². The smallest absolute Gasteiger partial charge is 0.318 e. The van der Waals surface area contributed by atoms with Crippen molar-refractivity contribution < 1.29 is 14.0 Å². The number of benzene rings is 1. The third kappa shape index (κ3) is 2.75. The molecule has 0 aliphatic carbocycles. The monoisotopic (exact) mass is 211 g/mol. The quantitative estimate of drug-likeness (QED) is 0.266. The van der Waals surface area contributed by atoms with Crippen LogP contribution in [-0.4, -0.2) is 11.8 Å². The second-order valence-electron chi connectivity index (χ2n) is 2.89. The second kappa shape index (κ2) is 4.52. The van der Waals surface area contributed by atoms with E-state index >= 15 is 0 Å². The molecule has 0 saturated carbocycles. The molecule has 0 heterocycles. The molecule has 80 valence electrons. The number of carbonyl (C=O) groups excluding carboxylic acids is 2. The van der Waals surface area contributed by atoms with Gasteiger partial charge in [-0.3, -0.25) is 15.0 Å². The van der Waals surface area contributed by atoms with E-state index in [2.05, 4.69) is 5.32 Å². The Bertz CT molecular complexity index is 406. The number of hydrogen-bond donors (Lipinski definition) is 3. The van der Waals surface area contributed by atoms with Gasteiger partial charge in [-0.1, -0.05) is 6.07 Å². The molecule has 5 nitrogen and oxygen atoms in total. The van der Waals surface area contributed by atoms with Gasteiger partial charge in [-0.25, -0.2) is 10.2 Å². The molecular formula is C9H10FN3O2. The van der Waals surface area contributed by atoms with Gasteiger partial charge >= 0.3 is 11.8 Å². The summed E-state index contributed by atoms with van der Waals surface area (Å²) in [6.07, 6.45) is 0. The summed E-state index contributed by atoms with van der Waals surface area (Å²) in [6.45, 7) is 1.59. The van der Waals surface area contributed by atoms with Crippen LogP contribution >= 0.6 is 0 Å². The van der Waals surface area contributed by atoms with Gasteiger partial charge in [0.15, 0.2) is 0 Å². The number of hydrazine groups is 1. The minimum Gasteiger partial charge on any atom is -0.318 e. The summed E-state index contributed by atoms with van der Waals surface area (Å²) in [5, 5.41) is 2.19. The summed E-state index contributed by atoms with van der Waals surface area (Å²) in [5.41, 5.74) is 2.32. The second-order valence-corrected chi connectivity index (χ2v) is 2.89. The minimum atomic E-state index is -0.990. The summed E-state index contributed by atoms with van der Waals surface area (Å²) < 4.78 is 13.0. The maximum Gasteiger partial charge on any atom is 0.323 e. The van der Waals surface area contributed by atoms with Crippen molar-refractivity contribution in [1.29, 1.82) is 0 Å². The first-order valence-electron chi connectivity index (χ1n) is 4.12. The third-order valence-corrected chi connectivity index (χ3v) is 1.77. The molecule has 0 aliphatic heterocycles. The topological polar surface area (TPSA) is 84.2 Å². The minimum absolute atomic E-state index is 0.201. The van der Waals surface area contributed by atoms with Crippen LogP contribution in [-0.2, 0) is 9.59 Å². The van der Waals surface area contributed by atoms with E-state index in [1.807, 2.05) is 0 Å². The fraction of sp³-hybridized carbons (Fsp3) is 0.111. The molecule has 1 aromatic rings. The zero-order valence-corrected chi connectivity index (χ0v) is 8.00. The molecule has 0 saturated heterocycles. The van der Waals surface area contributed by atoms with E-state index in [1.165, 1.54) is 12.1 Å². The van der Waals surface area contributed by atoms with Crippen molar-refractivity contribution in [3.8, 4) is 0 Å². The van der Waals surface area contributed by atoms with Gasteiger partial charge in [0.2, 0.25) is 0 Å². The number of nitrogens with two attached hydrogens (primary N) is 1. The van der Waals surface area contributed by atoms with E-state index in [0.29, 0.717) is 5.56 Å². The summed E-state index contributed by atoms with van der Waals surface area (Å²) in [5.74, 6) is 2.36. The number of anilines is 1. The van der Waals surface area contributed by atoms with Gasteiger partial charge in [0.25, 0.3) is 0 Å².